The lowest BCUT2D eigenvalue weighted by Gasteiger charge is -2.08. The summed E-state index contributed by atoms with van der Waals surface area (Å²) >= 11 is 5.90. The van der Waals surface area contributed by atoms with E-state index in [4.69, 9.17) is 26.0 Å². The molecule has 0 aliphatic rings. The Morgan fingerprint density at radius 3 is 2.95 bits per heavy atom. The van der Waals surface area contributed by atoms with Gasteiger partial charge in [-0.1, -0.05) is 11.6 Å². The van der Waals surface area contributed by atoms with Crippen LogP contribution in [-0.4, -0.2) is 17.7 Å². The molecule has 1 amide bonds. The number of ether oxygens (including phenoxy) is 1. The lowest BCUT2D eigenvalue weighted by atomic mass is 10.2. The van der Waals surface area contributed by atoms with Crippen LogP contribution in [0, 0.1) is 0 Å². The third kappa shape index (κ3) is 3.49. The Morgan fingerprint density at radius 1 is 1.40 bits per heavy atom. The van der Waals surface area contributed by atoms with Crippen LogP contribution >= 0.6 is 11.6 Å². The number of benzene rings is 1. The second-order valence-corrected chi connectivity index (χ2v) is 4.49. The molecule has 6 nitrogen and oxygen atoms in total. The van der Waals surface area contributed by atoms with Crippen molar-refractivity contribution in [1.29, 1.82) is 0 Å². The van der Waals surface area contributed by atoms with E-state index in [9.17, 15) is 9.59 Å². The molecule has 0 unspecified atom stereocenters. The summed E-state index contributed by atoms with van der Waals surface area (Å²) in [5.74, 6) is -0.141. The van der Waals surface area contributed by atoms with E-state index in [-0.39, 0.29) is 13.0 Å². The molecule has 1 aromatic heterocycles. The van der Waals surface area contributed by atoms with E-state index < -0.39 is 11.5 Å². The molecule has 2 N–H and O–H groups in total. The Bertz CT molecular complexity index is 682. The summed E-state index contributed by atoms with van der Waals surface area (Å²) in [5.41, 5.74) is 1.39. The van der Waals surface area contributed by atoms with E-state index in [1.807, 2.05) is 0 Å². The van der Waals surface area contributed by atoms with Gasteiger partial charge in [0.15, 0.2) is 0 Å². The topological polar surface area (TPSA) is 88.8 Å². The summed E-state index contributed by atoms with van der Waals surface area (Å²) in [6.45, 7) is 0.221. The summed E-state index contributed by atoms with van der Waals surface area (Å²) in [7, 11) is 0. The minimum atomic E-state index is -0.525. The summed E-state index contributed by atoms with van der Waals surface area (Å²) in [5, 5.41) is 9.43. The lowest BCUT2D eigenvalue weighted by Crippen LogP contribution is -2.18. The van der Waals surface area contributed by atoms with Crippen LogP contribution in [0.4, 0.5) is 0 Å². The molecular weight excluding hydrogens is 286 g/mol. The molecule has 0 saturated carbocycles. The predicted molar refractivity (Wildman–Crippen MR) is 72.2 cm³/mol. The molecular formula is C13H12ClNO5. The fraction of sp³-hybridized carbons (Fsp3) is 0.231. The molecule has 0 aliphatic heterocycles. The van der Waals surface area contributed by atoms with Crippen LogP contribution in [0.1, 0.15) is 12.8 Å². The first-order chi connectivity index (χ1) is 9.60. The molecule has 0 bridgehead atoms. The Labute approximate surface area is 118 Å². The van der Waals surface area contributed by atoms with Gasteiger partial charge in [0, 0.05) is 11.4 Å². The standard InChI is InChI=1S/C13H12ClNO5/c14-8-3-4-10-9(6-8)11(7-13(17)20-10)19-5-1-2-12(16)15-18/h3-4,6-7,18H,1-2,5H2,(H,15,16). The number of hydroxylamine groups is 1. The molecule has 0 fully saturated rings. The van der Waals surface area contributed by atoms with E-state index in [1.54, 1.807) is 18.2 Å². The van der Waals surface area contributed by atoms with Gasteiger partial charge in [-0.2, -0.15) is 0 Å². The Kier molecular flexibility index (Phi) is 4.60. The summed E-state index contributed by atoms with van der Waals surface area (Å²) in [6.07, 6.45) is 0.519. The maximum Gasteiger partial charge on any atom is 0.339 e. The van der Waals surface area contributed by atoms with E-state index in [2.05, 4.69) is 0 Å². The molecule has 20 heavy (non-hydrogen) atoms. The van der Waals surface area contributed by atoms with Crippen LogP contribution in [0.2, 0.25) is 5.02 Å². The molecule has 0 radical (unpaired) electrons. The third-order valence-corrected chi connectivity index (χ3v) is 2.83. The van der Waals surface area contributed by atoms with Crippen LogP contribution in [0.5, 0.6) is 5.75 Å². The van der Waals surface area contributed by atoms with E-state index >= 15 is 0 Å². The van der Waals surface area contributed by atoms with Crippen molar-refractivity contribution in [3.63, 3.8) is 0 Å². The minimum absolute atomic E-state index is 0.122. The fourth-order valence-corrected chi connectivity index (χ4v) is 1.87. The zero-order valence-electron chi connectivity index (χ0n) is 10.4. The molecule has 0 atom stereocenters. The van der Waals surface area contributed by atoms with Crippen LogP contribution in [0.15, 0.2) is 33.5 Å². The van der Waals surface area contributed by atoms with Crippen LogP contribution in [0.3, 0.4) is 0 Å². The highest BCUT2D eigenvalue weighted by Gasteiger charge is 2.08. The van der Waals surface area contributed by atoms with Gasteiger partial charge in [0.05, 0.1) is 18.1 Å². The number of carbonyl (C=O) groups is 1. The molecule has 2 aromatic rings. The Hall–Kier alpha value is -2.05. The van der Waals surface area contributed by atoms with Gasteiger partial charge < -0.3 is 9.15 Å². The number of carbonyl (C=O) groups excluding carboxylic acids is 1. The van der Waals surface area contributed by atoms with Crippen LogP contribution in [-0.2, 0) is 4.79 Å². The highest BCUT2D eigenvalue weighted by molar-refractivity contribution is 6.31. The average molecular weight is 298 g/mol. The van der Waals surface area contributed by atoms with Gasteiger partial charge in [-0.3, -0.25) is 10.0 Å². The summed E-state index contributed by atoms with van der Waals surface area (Å²) < 4.78 is 10.5. The largest absolute Gasteiger partial charge is 0.493 e. The molecule has 1 aromatic carbocycles. The molecule has 106 valence electrons. The van der Waals surface area contributed by atoms with Crippen molar-refractivity contribution in [3.8, 4) is 5.75 Å². The number of hydrogen-bond acceptors (Lipinski definition) is 5. The van der Waals surface area contributed by atoms with Gasteiger partial charge in [-0.25, -0.2) is 10.3 Å². The van der Waals surface area contributed by atoms with Crippen molar-refractivity contribution in [2.75, 3.05) is 6.61 Å². The Balaban J connectivity index is 2.14. The monoisotopic (exact) mass is 297 g/mol. The molecule has 0 spiro atoms. The van der Waals surface area contributed by atoms with Crippen molar-refractivity contribution in [2.24, 2.45) is 0 Å². The zero-order valence-corrected chi connectivity index (χ0v) is 11.1. The summed E-state index contributed by atoms with van der Waals surface area (Å²) in [6, 6.07) is 6.06. The number of hydrogen-bond donors (Lipinski definition) is 2. The first-order valence-electron chi connectivity index (χ1n) is 5.89. The van der Waals surface area contributed by atoms with Crippen molar-refractivity contribution in [3.05, 3.63) is 39.7 Å². The second-order valence-electron chi connectivity index (χ2n) is 4.06. The van der Waals surface area contributed by atoms with E-state index in [1.165, 1.54) is 11.5 Å². The van der Waals surface area contributed by atoms with Crippen molar-refractivity contribution in [1.82, 2.24) is 5.48 Å². The second kappa shape index (κ2) is 6.40. The molecule has 0 aliphatic carbocycles. The van der Waals surface area contributed by atoms with Crippen molar-refractivity contribution < 1.29 is 19.2 Å². The number of nitrogens with one attached hydrogen (secondary N) is 1. The van der Waals surface area contributed by atoms with Crippen molar-refractivity contribution >= 4 is 28.5 Å². The minimum Gasteiger partial charge on any atom is -0.493 e. The first-order valence-corrected chi connectivity index (χ1v) is 6.27. The average Bonchev–Trinajstić information content (AvgIpc) is 2.43. The van der Waals surface area contributed by atoms with Gasteiger partial charge >= 0.3 is 5.63 Å². The first kappa shape index (κ1) is 14.4. The van der Waals surface area contributed by atoms with E-state index in [0.717, 1.165) is 0 Å². The van der Waals surface area contributed by atoms with Gasteiger partial charge in [0.25, 0.3) is 0 Å². The maximum atomic E-state index is 11.4. The van der Waals surface area contributed by atoms with Gasteiger partial charge in [0.1, 0.15) is 11.3 Å². The van der Waals surface area contributed by atoms with Crippen LogP contribution < -0.4 is 15.8 Å². The predicted octanol–water partition coefficient (Wildman–Crippen LogP) is 2.11. The fourth-order valence-electron chi connectivity index (χ4n) is 1.70. The van der Waals surface area contributed by atoms with Gasteiger partial charge in [-0.15, -0.1) is 0 Å². The SMILES string of the molecule is O=C(CCCOc1cc(=O)oc2ccc(Cl)cc12)NO. The quantitative estimate of drug-likeness (QED) is 0.382. The number of amides is 1. The number of rotatable bonds is 5. The Morgan fingerprint density at radius 2 is 2.20 bits per heavy atom. The number of halogens is 1. The molecule has 1 heterocycles. The molecule has 2 rings (SSSR count). The molecule has 7 heteroatoms. The maximum absolute atomic E-state index is 11.4. The number of fused-ring (bicyclic) bond motifs is 1. The zero-order chi connectivity index (χ0) is 14.5. The van der Waals surface area contributed by atoms with Gasteiger partial charge in [-0.05, 0) is 24.6 Å². The lowest BCUT2D eigenvalue weighted by molar-refractivity contribution is -0.129. The highest BCUT2D eigenvalue weighted by Crippen LogP contribution is 2.26. The highest BCUT2D eigenvalue weighted by atomic mass is 35.5. The van der Waals surface area contributed by atoms with Crippen LogP contribution in [0.25, 0.3) is 11.0 Å². The van der Waals surface area contributed by atoms with Gasteiger partial charge in [0.2, 0.25) is 5.91 Å². The van der Waals surface area contributed by atoms with Crippen molar-refractivity contribution in [2.45, 2.75) is 12.8 Å². The summed E-state index contributed by atoms with van der Waals surface area (Å²) in [4.78, 5) is 22.2. The normalized spacial score (nSPS) is 10.5. The molecule has 0 saturated heterocycles. The smallest absolute Gasteiger partial charge is 0.339 e. The third-order valence-electron chi connectivity index (χ3n) is 2.60. The van der Waals surface area contributed by atoms with E-state index in [0.29, 0.717) is 28.2 Å².